The van der Waals surface area contributed by atoms with Gasteiger partial charge in [0.15, 0.2) is 0 Å². The number of methoxy groups -OCH3 is 2. The van der Waals surface area contributed by atoms with Crippen LogP contribution in [0.3, 0.4) is 0 Å². The number of allylic oxidation sites excluding steroid dienone is 1. The molecule has 0 spiro atoms. The maximum atomic E-state index is 14.5. The van der Waals surface area contributed by atoms with E-state index < -0.39 is 28.8 Å². The highest BCUT2D eigenvalue weighted by molar-refractivity contribution is 6.03. The largest absolute Gasteiger partial charge is 0.497 e. The third kappa shape index (κ3) is 11.3. The molecule has 6 atom stereocenters. The Morgan fingerprint density at radius 2 is 1.71 bits per heavy atom. The zero-order chi connectivity index (χ0) is 48.2. The highest BCUT2D eigenvalue weighted by Gasteiger charge is 2.65. The standard InChI is InChI=1S/C52H66N4O12/c1-5-28-65-52-47(55(2)48(59)25-18-34-12-6-7-13-34)32-44(54-66-33-35-16-19-37(20-17-35)56(61)62)41-29-36(14-8-10-26-57)40(15-9-11-27-58)49(50(41)52)42-30-39(22-24-45(42)68-52)67-51(60)53-43-23-21-38(63-3)31-46(43)64-4/h5,16-17,19-24,29-31,34,36,40,47,49-50,57-58H,1,6-15,18,25-28,32-33H2,2-4H3,(H,53,60). The van der Waals surface area contributed by atoms with Gasteiger partial charge in [0.05, 0.1) is 43.1 Å². The SMILES string of the molecule is C=CCOC12Oc3ccc(OC(=O)Nc4ccc(OC)cc4OC)cc3C3C(CCCCO)C(CCCCO)C=C(C(=NOCc4ccc([N+](=O)[O-])cc4)CC1N(C)C(=O)CCC1CCCC1)C32. The first kappa shape index (κ1) is 49.9. The van der Waals surface area contributed by atoms with E-state index in [-0.39, 0.29) is 67.9 Å². The molecule has 3 aromatic carbocycles. The first-order chi connectivity index (χ1) is 33.0. The van der Waals surface area contributed by atoms with E-state index in [9.17, 15) is 29.9 Å². The number of unbranched alkanes of at least 4 members (excludes halogenated alkanes) is 2. The third-order valence-electron chi connectivity index (χ3n) is 14.2. The smallest absolute Gasteiger partial charge is 0.417 e. The molecule has 16 heteroatoms. The molecule has 0 saturated heterocycles. The average Bonchev–Trinajstić information content (AvgIpc) is 3.88. The van der Waals surface area contributed by atoms with E-state index in [0.717, 1.165) is 56.1 Å². The Bertz CT molecular complexity index is 2300. The molecular formula is C52H66N4O12. The number of nitrogens with zero attached hydrogens (tertiary/aromatic N) is 3. The molecule has 0 aromatic heterocycles. The molecule has 68 heavy (non-hydrogen) atoms. The summed E-state index contributed by atoms with van der Waals surface area (Å²) in [4.78, 5) is 46.9. The summed E-state index contributed by atoms with van der Waals surface area (Å²) in [5, 5.41) is 38.9. The highest BCUT2D eigenvalue weighted by atomic mass is 16.7. The molecule has 7 rings (SSSR count). The topological polar surface area (TPSA) is 201 Å². The molecule has 1 aliphatic heterocycles. The number of carbonyl (C=O) groups excluding carboxylic acids is 2. The molecule has 2 fully saturated rings. The number of nitrogens with one attached hydrogen (secondary N) is 1. The fourth-order valence-corrected chi connectivity index (χ4v) is 10.8. The number of non-ortho nitro benzene ring substituents is 1. The second-order valence-electron chi connectivity index (χ2n) is 18.2. The lowest BCUT2D eigenvalue weighted by molar-refractivity contribution is -0.384. The molecule has 0 bridgehead atoms. The molecule has 2 amide bonds. The van der Waals surface area contributed by atoms with E-state index in [1.165, 1.54) is 32.1 Å². The molecule has 3 N–H and O–H groups in total. The Labute approximate surface area is 398 Å². The van der Waals surface area contributed by atoms with E-state index in [0.29, 0.717) is 59.4 Å². The van der Waals surface area contributed by atoms with Gasteiger partial charge < -0.3 is 43.6 Å². The van der Waals surface area contributed by atoms with Crippen LogP contribution in [0, 0.1) is 33.8 Å². The lowest BCUT2D eigenvalue weighted by atomic mass is 9.55. The van der Waals surface area contributed by atoms with E-state index in [1.54, 1.807) is 60.6 Å². The summed E-state index contributed by atoms with van der Waals surface area (Å²) in [6.07, 6.45) is 13.3. The number of carbonyl (C=O) groups is 2. The van der Waals surface area contributed by atoms with Gasteiger partial charge in [0.2, 0.25) is 11.7 Å². The zero-order valence-corrected chi connectivity index (χ0v) is 39.4. The number of benzene rings is 3. The predicted octanol–water partition coefficient (Wildman–Crippen LogP) is 9.49. The van der Waals surface area contributed by atoms with Crippen LogP contribution in [-0.4, -0.2) is 90.7 Å². The van der Waals surface area contributed by atoms with Gasteiger partial charge >= 0.3 is 6.09 Å². The fourth-order valence-electron chi connectivity index (χ4n) is 10.8. The Balaban J connectivity index is 1.34. The summed E-state index contributed by atoms with van der Waals surface area (Å²) < 4.78 is 31.1. The van der Waals surface area contributed by atoms with E-state index in [4.69, 9.17) is 33.7 Å². The molecule has 3 aromatic rings. The van der Waals surface area contributed by atoms with Crippen molar-refractivity contribution < 1.29 is 53.2 Å². The summed E-state index contributed by atoms with van der Waals surface area (Å²) in [6.45, 7) is 4.25. The Morgan fingerprint density at radius 1 is 0.971 bits per heavy atom. The lowest BCUT2D eigenvalue weighted by Gasteiger charge is -2.59. The quantitative estimate of drug-likeness (QED) is 0.0353. The molecular weight excluding hydrogens is 873 g/mol. The van der Waals surface area contributed by atoms with Gasteiger partial charge in [-0.2, -0.15) is 0 Å². The third-order valence-corrected chi connectivity index (χ3v) is 14.2. The number of oxime groups is 1. The highest BCUT2D eigenvalue weighted by Crippen LogP contribution is 2.62. The van der Waals surface area contributed by atoms with E-state index in [2.05, 4.69) is 18.0 Å². The summed E-state index contributed by atoms with van der Waals surface area (Å²) >= 11 is 0. The van der Waals surface area contributed by atoms with Crippen LogP contribution in [0.4, 0.5) is 16.2 Å². The number of aliphatic hydroxyl groups excluding tert-OH is 2. The first-order valence-electron chi connectivity index (χ1n) is 23.9. The van der Waals surface area contributed by atoms with Gasteiger partial charge in [-0.3, -0.25) is 20.2 Å². The first-order valence-corrected chi connectivity index (χ1v) is 23.9. The van der Waals surface area contributed by atoms with Crippen LogP contribution in [0.1, 0.15) is 101 Å². The summed E-state index contributed by atoms with van der Waals surface area (Å²) in [5.41, 5.74) is 3.30. The van der Waals surface area contributed by atoms with Gasteiger partial charge in [-0.05, 0) is 103 Å². The van der Waals surface area contributed by atoms with Gasteiger partial charge in [-0.15, -0.1) is 6.58 Å². The number of nitro groups is 1. The zero-order valence-electron chi connectivity index (χ0n) is 39.4. The van der Waals surface area contributed by atoms with Crippen LogP contribution in [0.25, 0.3) is 0 Å². The molecule has 1 heterocycles. The molecule has 0 radical (unpaired) electrons. The van der Waals surface area contributed by atoms with Crippen molar-refractivity contribution in [2.45, 2.75) is 108 Å². The van der Waals surface area contributed by atoms with Crippen LogP contribution >= 0.6 is 0 Å². The Kier molecular flexibility index (Phi) is 17.1. The van der Waals surface area contributed by atoms with E-state index in [1.807, 2.05) is 13.1 Å². The van der Waals surface area contributed by atoms with Crippen LogP contribution in [0.5, 0.6) is 23.0 Å². The average molecular weight is 939 g/mol. The van der Waals surface area contributed by atoms with Crippen molar-refractivity contribution >= 4 is 29.1 Å². The minimum atomic E-state index is -1.44. The second-order valence-corrected chi connectivity index (χ2v) is 18.2. The van der Waals surface area contributed by atoms with Gasteiger partial charge in [-0.25, -0.2) is 4.79 Å². The number of likely N-dealkylation sites (N-methyl/N-ethyl adjacent to an activating group) is 1. The minimum absolute atomic E-state index is 0.0304. The lowest BCUT2D eigenvalue weighted by Crippen LogP contribution is -2.69. The maximum absolute atomic E-state index is 14.5. The van der Waals surface area contributed by atoms with Crippen molar-refractivity contribution in [3.8, 4) is 23.0 Å². The monoisotopic (exact) mass is 938 g/mol. The summed E-state index contributed by atoms with van der Waals surface area (Å²) in [6, 6.07) is 15.8. The van der Waals surface area contributed by atoms with Gasteiger partial charge in [-0.1, -0.05) is 55.8 Å². The molecule has 2 saturated carbocycles. The molecule has 3 aliphatic carbocycles. The number of amides is 2. The second kappa shape index (κ2) is 23.4. The van der Waals surface area contributed by atoms with Crippen molar-refractivity contribution in [1.29, 1.82) is 0 Å². The maximum Gasteiger partial charge on any atom is 0.417 e. The molecule has 366 valence electrons. The van der Waals surface area contributed by atoms with Gasteiger partial charge in [0.25, 0.3) is 5.69 Å². The van der Waals surface area contributed by atoms with Crippen molar-refractivity contribution in [3.63, 3.8) is 0 Å². The van der Waals surface area contributed by atoms with Crippen LogP contribution in [0.2, 0.25) is 0 Å². The van der Waals surface area contributed by atoms with Crippen LogP contribution in [0.15, 0.2) is 90.1 Å². The Hall–Kier alpha value is -5.97. The number of ether oxygens (including phenoxy) is 5. The normalized spacial score (nSPS) is 23.3. The molecule has 6 unspecified atom stereocenters. The fraction of sp³-hybridized carbons (Fsp3) is 0.519. The van der Waals surface area contributed by atoms with Crippen molar-refractivity contribution in [2.24, 2.45) is 28.8 Å². The molecule has 4 aliphatic rings. The van der Waals surface area contributed by atoms with Crippen molar-refractivity contribution in [3.05, 3.63) is 106 Å². The predicted molar refractivity (Wildman–Crippen MR) is 256 cm³/mol. The number of hydrogen-bond donors (Lipinski definition) is 3. The Morgan fingerprint density at radius 3 is 2.40 bits per heavy atom. The van der Waals surface area contributed by atoms with Gasteiger partial charge in [0, 0.05) is 62.8 Å². The number of rotatable bonds is 23. The number of nitro benzene ring substituents is 1. The summed E-state index contributed by atoms with van der Waals surface area (Å²) in [5.74, 6) is -0.238. The van der Waals surface area contributed by atoms with Crippen molar-refractivity contribution in [1.82, 2.24) is 4.90 Å². The van der Waals surface area contributed by atoms with Crippen molar-refractivity contribution in [2.75, 3.05) is 46.4 Å². The van der Waals surface area contributed by atoms with Crippen LogP contribution in [-0.2, 0) is 21.0 Å². The number of hydrogen-bond acceptors (Lipinski definition) is 13. The van der Waals surface area contributed by atoms with Crippen LogP contribution < -0.4 is 24.3 Å². The molecule has 16 nitrogen and oxygen atoms in total. The number of anilines is 1. The number of aliphatic hydroxyl groups is 2. The number of fused-ring (bicyclic) bond motifs is 2. The minimum Gasteiger partial charge on any atom is -0.497 e. The summed E-state index contributed by atoms with van der Waals surface area (Å²) in [7, 11) is 4.85. The van der Waals surface area contributed by atoms with E-state index >= 15 is 0 Å². The van der Waals surface area contributed by atoms with Gasteiger partial charge in [0.1, 0.15) is 35.6 Å².